The fraction of sp³-hybridized carbons (Fsp3) is 0.500. The molecular formula is C18H24N4O4S3. The first-order valence-electron chi connectivity index (χ1n) is 9.05. The molecule has 1 amide bonds. The topological polar surface area (TPSA) is 101 Å². The molecule has 0 unspecified atom stereocenters. The van der Waals surface area contributed by atoms with Crippen molar-refractivity contribution in [1.82, 2.24) is 10.2 Å². The summed E-state index contributed by atoms with van der Waals surface area (Å²) in [4.78, 5) is 12.7. The first kappa shape index (κ1) is 21.8. The van der Waals surface area contributed by atoms with Crippen molar-refractivity contribution in [3.05, 3.63) is 23.8 Å². The summed E-state index contributed by atoms with van der Waals surface area (Å²) in [7, 11) is -3.60. The minimum atomic E-state index is -3.60. The number of ether oxygens (including phenoxy) is 1. The van der Waals surface area contributed by atoms with Crippen LogP contribution in [0.3, 0.4) is 0 Å². The van der Waals surface area contributed by atoms with Crippen molar-refractivity contribution in [3.8, 4) is 5.75 Å². The fourth-order valence-electron chi connectivity index (χ4n) is 2.80. The second kappa shape index (κ2) is 8.11. The van der Waals surface area contributed by atoms with E-state index < -0.39 is 22.0 Å². The molecule has 11 heteroatoms. The maximum Gasteiger partial charge on any atom is 0.269 e. The van der Waals surface area contributed by atoms with Crippen LogP contribution in [0.2, 0.25) is 0 Å². The molecule has 1 aromatic carbocycles. The molecule has 0 aliphatic carbocycles. The maximum atomic E-state index is 12.7. The van der Waals surface area contributed by atoms with Crippen LogP contribution in [0.25, 0.3) is 0 Å². The maximum absolute atomic E-state index is 12.7. The predicted molar refractivity (Wildman–Crippen MR) is 117 cm³/mol. The first-order valence-corrected chi connectivity index (χ1v) is 12.7. The molecule has 1 atom stereocenters. The van der Waals surface area contributed by atoms with Gasteiger partial charge in [-0.3, -0.25) is 14.4 Å². The Morgan fingerprint density at radius 2 is 2.10 bits per heavy atom. The van der Waals surface area contributed by atoms with E-state index in [9.17, 15) is 13.2 Å². The lowest BCUT2D eigenvalue weighted by Crippen LogP contribution is -2.48. The van der Waals surface area contributed by atoms with Gasteiger partial charge in [-0.2, -0.15) is 0 Å². The quantitative estimate of drug-likeness (QED) is 0.545. The van der Waals surface area contributed by atoms with Gasteiger partial charge in [0.05, 0.1) is 18.5 Å². The number of anilines is 2. The van der Waals surface area contributed by atoms with Crippen LogP contribution in [-0.2, 0) is 20.2 Å². The monoisotopic (exact) mass is 456 g/mol. The van der Waals surface area contributed by atoms with Crippen LogP contribution >= 0.6 is 23.1 Å². The Morgan fingerprint density at radius 3 is 2.72 bits per heavy atom. The largest absolute Gasteiger partial charge is 0.476 e. The zero-order valence-corrected chi connectivity index (χ0v) is 19.4. The highest BCUT2D eigenvalue weighted by Crippen LogP contribution is 2.38. The van der Waals surface area contributed by atoms with Gasteiger partial charge in [-0.05, 0) is 28.9 Å². The summed E-state index contributed by atoms with van der Waals surface area (Å²) in [6.45, 7) is 8.04. The zero-order valence-electron chi connectivity index (χ0n) is 16.9. The molecule has 1 aliphatic rings. The van der Waals surface area contributed by atoms with Crippen molar-refractivity contribution in [2.45, 2.75) is 43.6 Å². The highest BCUT2D eigenvalue weighted by Gasteiger charge is 2.36. The van der Waals surface area contributed by atoms with Crippen LogP contribution in [0.1, 0.15) is 33.3 Å². The average molecular weight is 457 g/mol. The molecule has 0 spiro atoms. The number of rotatable bonds is 5. The smallest absolute Gasteiger partial charge is 0.269 e. The third kappa shape index (κ3) is 5.01. The van der Waals surface area contributed by atoms with Gasteiger partial charge in [0.15, 0.2) is 10.4 Å². The van der Waals surface area contributed by atoms with Gasteiger partial charge in [0.2, 0.25) is 15.2 Å². The summed E-state index contributed by atoms with van der Waals surface area (Å²) in [5, 5.41) is 11.0. The molecule has 0 radical (unpaired) electrons. The molecule has 1 aliphatic heterocycles. The van der Waals surface area contributed by atoms with E-state index in [1.165, 1.54) is 27.4 Å². The van der Waals surface area contributed by atoms with Gasteiger partial charge in [0.1, 0.15) is 5.75 Å². The van der Waals surface area contributed by atoms with E-state index in [0.29, 0.717) is 16.6 Å². The Hall–Kier alpha value is -1.85. The average Bonchev–Trinajstić information content (AvgIpc) is 3.06. The number of amides is 1. The molecule has 0 fully saturated rings. The standard InChI is InChI=1S/C18H24N4O4S3/c1-6-27-17-21-20-16(28-17)19-15(23)14-10-22(29(5,24)25)12-9-11(18(2,3)4)7-8-13(12)26-14/h7-9,14H,6,10H2,1-5H3,(H,19,20,23)/t14-/m1/s1. The fourth-order valence-corrected chi connectivity index (χ4v) is 5.35. The molecule has 29 heavy (non-hydrogen) atoms. The lowest BCUT2D eigenvalue weighted by molar-refractivity contribution is -0.122. The number of carbonyl (C=O) groups is 1. The molecule has 3 rings (SSSR count). The number of thioether (sulfide) groups is 1. The number of carbonyl (C=O) groups excluding carboxylic acids is 1. The summed E-state index contributed by atoms with van der Waals surface area (Å²) < 4.78 is 32.7. The normalized spacial score (nSPS) is 16.9. The molecule has 0 saturated carbocycles. The van der Waals surface area contributed by atoms with Gasteiger partial charge in [-0.15, -0.1) is 10.2 Å². The molecule has 158 valence electrons. The van der Waals surface area contributed by atoms with Gasteiger partial charge in [0, 0.05) is 0 Å². The summed E-state index contributed by atoms with van der Waals surface area (Å²) in [5.41, 5.74) is 1.27. The van der Waals surface area contributed by atoms with Crippen LogP contribution < -0.4 is 14.4 Å². The SMILES string of the molecule is CCSc1nnc(NC(=O)[C@H]2CN(S(C)(=O)=O)c3cc(C(C)(C)C)ccc3O2)s1. The predicted octanol–water partition coefficient (Wildman–Crippen LogP) is 3.11. The molecular weight excluding hydrogens is 432 g/mol. The van der Waals surface area contributed by atoms with Gasteiger partial charge >= 0.3 is 0 Å². The number of nitrogens with one attached hydrogen (secondary N) is 1. The van der Waals surface area contributed by atoms with E-state index >= 15 is 0 Å². The van der Waals surface area contributed by atoms with Crippen molar-refractivity contribution in [3.63, 3.8) is 0 Å². The van der Waals surface area contributed by atoms with E-state index in [1.807, 2.05) is 39.8 Å². The molecule has 0 saturated heterocycles. The molecule has 1 aromatic heterocycles. The van der Waals surface area contributed by atoms with Gasteiger partial charge < -0.3 is 4.74 Å². The Morgan fingerprint density at radius 1 is 1.38 bits per heavy atom. The van der Waals surface area contributed by atoms with Gasteiger partial charge in [-0.1, -0.05) is 56.9 Å². The molecule has 8 nitrogen and oxygen atoms in total. The molecule has 1 N–H and O–H groups in total. The Balaban J connectivity index is 1.87. The van der Waals surface area contributed by atoms with Crippen molar-refractivity contribution in [1.29, 1.82) is 0 Å². The van der Waals surface area contributed by atoms with Gasteiger partial charge in [-0.25, -0.2) is 8.42 Å². The summed E-state index contributed by atoms with van der Waals surface area (Å²) in [6.07, 6.45) is 0.128. The van der Waals surface area contributed by atoms with Crippen molar-refractivity contribution in [2.24, 2.45) is 0 Å². The Labute approximate surface area is 179 Å². The molecule has 2 aromatic rings. The van der Waals surface area contributed by atoms with Crippen LogP contribution in [0.4, 0.5) is 10.8 Å². The first-order chi connectivity index (χ1) is 13.5. The number of fused-ring (bicyclic) bond motifs is 1. The molecule has 2 heterocycles. The number of aromatic nitrogens is 2. The summed E-state index contributed by atoms with van der Waals surface area (Å²) in [6, 6.07) is 5.41. The van der Waals surface area contributed by atoms with E-state index in [-0.39, 0.29) is 12.0 Å². The van der Waals surface area contributed by atoms with Crippen molar-refractivity contribution >= 4 is 49.8 Å². The minimum absolute atomic E-state index is 0.110. The zero-order chi connectivity index (χ0) is 21.4. The van der Waals surface area contributed by atoms with Crippen LogP contribution in [-0.4, -0.2) is 49.2 Å². The number of nitrogens with zero attached hydrogens (tertiary/aromatic N) is 3. The van der Waals surface area contributed by atoms with E-state index in [4.69, 9.17) is 4.74 Å². The lowest BCUT2D eigenvalue weighted by atomic mass is 9.86. The van der Waals surface area contributed by atoms with E-state index in [0.717, 1.165) is 21.9 Å². The number of benzene rings is 1. The Kier molecular flexibility index (Phi) is 6.11. The second-order valence-corrected chi connectivity index (χ2v) is 12.0. The lowest BCUT2D eigenvalue weighted by Gasteiger charge is -2.35. The third-order valence-corrected chi connectivity index (χ3v) is 7.29. The van der Waals surface area contributed by atoms with Crippen LogP contribution in [0.15, 0.2) is 22.5 Å². The Bertz CT molecular complexity index is 1010. The van der Waals surface area contributed by atoms with Crippen LogP contribution in [0.5, 0.6) is 5.75 Å². The number of sulfonamides is 1. The van der Waals surface area contributed by atoms with Crippen LogP contribution in [0, 0.1) is 0 Å². The van der Waals surface area contributed by atoms with Crippen molar-refractivity contribution in [2.75, 3.05) is 28.2 Å². The number of hydrogen-bond donors (Lipinski definition) is 1. The van der Waals surface area contributed by atoms with Crippen molar-refractivity contribution < 1.29 is 17.9 Å². The summed E-state index contributed by atoms with van der Waals surface area (Å²) in [5.74, 6) is 0.744. The minimum Gasteiger partial charge on any atom is -0.476 e. The van der Waals surface area contributed by atoms with E-state index in [1.54, 1.807) is 6.07 Å². The summed E-state index contributed by atoms with van der Waals surface area (Å²) >= 11 is 2.80. The van der Waals surface area contributed by atoms with Gasteiger partial charge in [0.25, 0.3) is 5.91 Å². The highest BCUT2D eigenvalue weighted by atomic mass is 32.2. The number of hydrogen-bond acceptors (Lipinski definition) is 8. The molecule has 0 bridgehead atoms. The van der Waals surface area contributed by atoms with E-state index in [2.05, 4.69) is 15.5 Å². The third-order valence-electron chi connectivity index (χ3n) is 4.29. The highest BCUT2D eigenvalue weighted by molar-refractivity contribution is 8.01. The second-order valence-electron chi connectivity index (χ2n) is 7.63.